The Morgan fingerprint density at radius 2 is 2.05 bits per heavy atom. The number of non-ortho nitro benzene ring substituents is 1. The van der Waals surface area contributed by atoms with E-state index < -0.39 is 23.0 Å². The Hall–Kier alpha value is -2.64. The van der Waals surface area contributed by atoms with Crippen LogP contribution in [0.2, 0.25) is 0 Å². The molecule has 1 saturated heterocycles. The SMILES string of the molecule is O=C(O)C1CN1C(=O)OCc1ccc([N+](=O)[O-])cc1. The van der Waals surface area contributed by atoms with Crippen LogP contribution in [0.4, 0.5) is 10.5 Å². The number of hydrogen-bond acceptors (Lipinski definition) is 5. The van der Waals surface area contributed by atoms with Crippen LogP contribution in [0.5, 0.6) is 0 Å². The number of nitro groups is 1. The lowest BCUT2D eigenvalue weighted by atomic mass is 10.2. The summed E-state index contributed by atoms with van der Waals surface area (Å²) in [6.45, 7) is 0.0914. The molecule has 8 nitrogen and oxygen atoms in total. The Morgan fingerprint density at radius 3 is 2.53 bits per heavy atom. The first-order chi connectivity index (χ1) is 8.99. The molecule has 1 aliphatic heterocycles. The van der Waals surface area contributed by atoms with Crippen molar-refractivity contribution in [3.63, 3.8) is 0 Å². The third-order valence-corrected chi connectivity index (χ3v) is 2.64. The highest BCUT2D eigenvalue weighted by atomic mass is 16.6. The molecule has 1 aromatic carbocycles. The fourth-order valence-electron chi connectivity index (χ4n) is 1.49. The maximum absolute atomic E-state index is 11.4. The number of nitrogens with zero attached hydrogens (tertiary/aromatic N) is 2. The van der Waals surface area contributed by atoms with E-state index in [9.17, 15) is 19.7 Å². The lowest BCUT2D eigenvalue weighted by Gasteiger charge is -2.05. The van der Waals surface area contributed by atoms with Crippen LogP contribution in [0, 0.1) is 10.1 Å². The molecule has 1 unspecified atom stereocenters. The third kappa shape index (κ3) is 2.97. The number of nitro benzene ring substituents is 1. The number of carbonyl (C=O) groups excluding carboxylic acids is 1. The van der Waals surface area contributed by atoms with E-state index in [4.69, 9.17) is 9.84 Å². The molecule has 1 amide bonds. The van der Waals surface area contributed by atoms with Gasteiger partial charge in [0.05, 0.1) is 11.5 Å². The summed E-state index contributed by atoms with van der Waals surface area (Å²) in [5.41, 5.74) is 0.541. The van der Waals surface area contributed by atoms with Crippen LogP contribution in [-0.2, 0) is 16.1 Å². The quantitative estimate of drug-likeness (QED) is 0.494. The maximum atomic E-state index is 11.4. The van der Waals surface area contributed by atoms with Gasteiger partial charge in [0.25, 0.3) is 5.69 Å². The van der Waals surface area contributed by atoms with E-state index in [1.165, 1.54) is 24.3 Å². The van der Waals surface area contributed by atoms with Crippen molar-refractivity contribution in [1.82, 2.24) is 4.90 Å². The largest absolute Gasteiger partial charge is 0.480 e. The molecule has 1 N–H and O–H groups in total. The van der Waals surface area contributed by atoms with Gasteiger partial charge >= 0.3 is 12.1 Å². The lowest BCUT2D eigenvalue weighted by molar-refractivity contribution is -0.384. The molecule has 0 saturated carbocycles. The van der Waals surface area contributed by atoms with Gasteiger partial charge in [0, 0.05) is 12.1 Å². The highest BCUT2D eigenvalue weighted by molar-refractivity contribution is 5.85. The van der Waals surface area contributed by atoms with Crippen LogP contribution in [-0.4, -0.2) is 39.6 Å². The molecule has 1 atom stereocenters. The maximum Gasteiger partial charge on any atom is 0.411 e. The van der Waals surface area contributed by atoms with Crippen molar-refractivity contribution in [2.24, 2.45) is 0 Å². The molecule has 2 rings (SSSR count). The van der Waals surface area contributed by atoms with E-state index in [2.05, 4.69) is 0 Å². The van der Waals surface area contributed by atoms with Crippen LogP contribution < -0.4 is 0 Å². The average molecular weight is 266 g/mol. The van der Waals surface area contributed by atoms with Crippen LogP contribution >= 0.6 is 0 Å². The summed E-state index contributed by atoms with van der Waals surface area (Å²) in [5, 5.41) is 19.1. The second kappa shape index (κ2) is 4.92. The summed E-state index contributed by atoms with van der Waals surface area (Å²) in [6.07, 6.45) is -0.703. The second-order valence-corrected chi connectivity index (χ2v) is 3.98. The number of carbonyl (C=O) groups is 2. The van der Waals surface area contributed by atoms with E-state index in [1.807, 2.05) is 0 Å². The third-order valence-electron chi connectivity index (χ3n) is 2.64. The Labute approximate surface area is 107 Å². The zero-order chi connectivity index (χ0) is 14.0. The number of ether oxygens (including phenoxy) is 1. The first-order valence-corrected chi connectivity index (χ1v) is 5.38. The van der Waals surface area contributed by atoms with Crippen LogP contribution in [0.1, 0.15) is 5.56 Å². The fraction of sp³-hybridized carbons (Fsp3) is 0.273. The van der Waals surface area contributed by atoms with Crippen molar-refractivity contribution in [2.75, 3.05) is 6.54 Å². The summed E-state index contributed by atoms with van der Waals surface area (Å²) < 4.78 is 4.89. The number of benzene rings is 1. The summed E-state index contributed by atoms with van der Waals surface area (Å²) in [6, 6.07) is 4.76. The summed E-state index contributed by atoms with van der Waals surface area (Å²) in [5.74, 6) is -1.06. The molecule has 0 radical (unpaired) electrons. The zero-order valence-electron chi connectivity index (χ0n) is 9.68. The molecule has 1 heterocycles. The molecule has 100 valence electrons. The zero-order valence-corrected chi connectivity index (χ0v) is 9.68. The number of aliphatic carboxylic acids is 1. The van der Waals surface area contributed by atoms with Gasteiger partial charge in [-0.1, -0.05) is 0 Å². The normalized spacial score (nSPS) is 16.8. The van der Waals surface area contributed by atoms with Crippen LogP contribution in [0.3, 0.4) is 0 Å². The van der Waals surface area contributed by atoms with E-state index in [1.54, 1.807) is 0 Å². The monoisotopic (exact) mass is 266 g/mol. The van der Waals surface area contributed by atoms with E-state index >= 15 is 0 Å². The van der Waals surface area contributed by atoms with Gasteiger partial charge in [-0.25, -0.2) is 9.59 Å². The van der Waals surface area contributed by atoms with Crippen molar-refractivity contribution >= 4 is 17.7 Å². The Bertz CT molecular complexity index is 526. The number of amides is 1. The first-order valence-electron chi connectivity index (χ1n) is 5.38. The van der Waals surface area contributed by atoms with Crippen molar-refractivity contribution < 1.29 is 24.4 Å². The van der Waals surface area contributed by atoms with Gasteiger partial charge in [0.2, 0.25) is 0 Å². The standard InChI is InChI=1S/C11H10N2O6/c14-10(15)9-5-12(9)11(16)19-6-7-1-3-8(4-2-7)13(17)18/h1-4,9H,5-6H2,(H,14,15). The van der Waals surface area contributed by atoms with Crippen LogP contribution in [0.25, 0.3) is 0 Å². The van der Waals surface area contributed by atoms with Gasteiger partial charge in [0.1, 0.15) is 6.61 Å². The Balaban J connectivity index is 1.84. The number of hydrogen-bond donors (Lipinski definition) is 1. The van der Waals surface area contributed by atoms with Gasteiger partial charge in [-0.2, -0.15) is 0 Å². The molecule has 1 aromatic rings. The van der Waals surface area contributed by atoms with Gasteiger partial charge < -0.3 is 9.84 Å². The highest BCUT2D eigenvalue weighted by Crippen LogP contribution is 2.19. The molecular formula is C11H10N2O6. The second-order valence-electron chi connectivity index (χ2n) is 3.98. The molecule has 0 aromatic heterocycles. The smallest absolute Gasteiger partial charge is 0.411 e. The molecular weight excluding hydrogens is 256 g/mol. The van der Waals surface area contributed by atoms with Crippen molar-refractivity contribution in [1.29, 1.82) is 0 Å². The minimum Gasteiger partial charge on any atom is -0.480 e. The molecule has 8 heteroatoms. The van der Waals surface area contributed by atoms with Crippen molar-refractivity contribution in [3.8, 4) is 0 Å². The minimum atomic E-state index is -1.06. The fourth-order valence-corrected chi connectivity index (χ4v) is 1.49. The highest BCUT2D eigenvalue weighted by Gasteiger charge is 2.45. The number of rotatable bonds is 4. The van der Waals surface area contributed by atoms with E-state index in [0.717, 1.165) is 4.90 Å². The van der Waals surface area contributed by atoms with Crippen molar-refractivity contribution in [3.05, 3.63) is 39.9 Å². The minimum absolute atomic E-state index is 0.0491. The number of carboxylic acids is 1. The predicted octanol–water partition coefficient (Wildman–Crippen LogP) is 1.00. The Kier molecular flexibility index (Phi) is 3.32. The van der Waals surface area contributed by atoms with E-state index in [0.29, 0.717) is 5.56 Å². The summed E-state index contributed by atoms with van der Waals surface area (Å²) >= 11 is 0. The average Bonchev–Trinajstić information content (AvgIpc) is 3.16. The molecule has 1 aliphatic rings. The van der Waals surface area contributed by atoms with Gasteiger partial charge in [-0.05, 0) is 17.7 Å². The van der Waals surface area contributed by atoms with E-state index in [-0.39, 0.29) is 18.8 Å². The molecule has 0 bridgehead atoms. The number of carboxylic acid groups (broad SMARTS) is 1. The summed E-state index contributed by atoms with van der Waals surface area (Å²) in [7, 11) is 0. The molecule has 0 aliphatic carbocycles. The topological polar surface area (TPSA) is 110 Å². The van der Waals surface area contributed by atoms with Crippen molar-refractivity contribution in [2.45, 2.75) is 12.6 Å². The van der Waals surface area contributed by atoms with Gasteiger partial charge in [-0.15, -0.1) is 0 Å². The molecule has 0 spiro atoms. The molecule has 1 fully saturated rings. The summed E-state index contributed by atoms with van der Waals surface area (Å²) in [4.78, 5) is 32.9. The predicted molar refractivity (Wildman–Crippen MR) is 61.4 cm³/mol. The Morgan fingerprint density at radius 1 is 1.42 bits per heavy atom. The van der Waals surface area contributed by atoms with Gasteiger partial charge in [-0.3, -0.25) is 15.0 Å². The molecule has 19 heavy (non-hydrogen) atoms. The van der Waals surface area contributed by atoms with Crippen LogP contribution in [0.15, 0.2) is 24.3 Å². The lowest BCUT2D eigenvalue weighted by Crippen LogP contribution is -2.19. The van der Waals surface area contributed by atoms with Gasteiger partial charge in [0.15, 0.2) is 6.04 Å². The first kappa shape index (κ1) is 12.8.